The van der Waals surface area contributed by atoms with Crippen molar-refractivity contribution in [2.75, 3.05) is 0 Å². The number of aryl methyl sites for hydroxylation is 1. The Hall–Kier alpha value is -1.88. The molecular weight excluding hydrogens is 252 g/mol. The van der Waals surface area contributed by atoms with Gasteiger partial charge in [-0.1, -0.05) is 0 Å². The third-order valence-electron chi connectivity index (χ3n) is 2.64. The highest BCUT2D eigenvalue weighted by Gasteiger charge is 2.10. The molecule has 0 unspecified atom stereocenters. The zero-order chi connectivity index (χ0) is 13.1. The highest BCUT2D eigenvalue weighted by atomic mass is 35.5. The number of hydrogen-bond acceptors (Lipinski definition) is 3. The monoisotopic (exact) mass is 264 g/mol. The number of allylic oxidation sites excluding steroid dienone is 1. The molecule has 6 heteroatoms. The van der Waals surface area contributed by atoms with Crippen molar-refractivity contribution in [1.29, 1.82) is 0 Å². The van der Waals surface area contributed by atoms with E-state index in [1.54, 1.807) is 28.6 Å². The Labute approximate surface area is 110 Å². The molecule has 0 aliphatic heterocycles. The largest absolute Gasteiger partial charge is 0.315 e. The molecule has 0 fully saturated rings. The fourth-order valence-corrected chi connectivity index (χ4v) is 1.75. The summed E-state index contributed by atoms with van der Waals surface area (Å²) < 4.78 is 3.35. The van der Waals surface area contributed by atoms with Crippen molar-refractivity contribution in [1.82, 2.24) is 19.3 Å². The molecule has 0 N–H and O–H groups in total. The van der Waals surface area contributed by atoms with Crippen LogP contribution in [0.1, 0.15) is 23.1 Å². The summed E-state index contributed by atoms with van der Waals surface area (Å²) in [6.07, 6.45) is 6.40. The molecule has 5 nitrogen and oxygen atoms in total. The molecule has 0 radical (unpaired) electrons. The van der Waals surface area contributed by atoms with Crippen LogP contribution in [0.25, 0.3) is 6.08 Å². The van der Waals surface area contributed by atoms with E-state index in [0.29, 0.717) is 11.0 Å². The van der Waals surface area contributed by atoms with E-state index in [0.717, 1.165) is 12.2 Å². The van der Waals surface area contributed by atoms with Crippen molar-refractivity contribution in [2.24, 2.45) is 7.05 Å². The number of nitrogens with zero attached hydrogens (tertiary/aromatic N) is 4. The number of carbonyl (C=O) groups excluding carboxylic acids is 1. The first-order chi connectivity index (χ1) is 8.63. The van der Waals surface area contributed by atoms with Crippen LogP contribution in [0.4, 0.5) is 0 Å². The van der Waals surface area contributed by atoms with Crippen LogP contribution < -0.4 is 0 Å². The molecule has 0 saturated heterocycles. The lowest BCUT2D eigenvalue weighted by atomic mass is 10.2. The SMILES string of the molecule is CCn1nccc1C=CC(=O)c1cnc(Cl)n1C. The van der Waals surface area contributed by atoms with Crippen molar-refractivity contribution in [2.45, 2.75) is 13.5 Å². The van der Waals surface area contributed by atoms with Gasteiger partial charge in [0.2, 0.25) is 11.1 Å². The van der Waals surface area contributed by atoms with Gasteiger partial charge in [-0.25, -0.2) is 4.98 Å². The Morgan fingerprint density at radius 1 is 1.56 bits per heavy atom. The molecule has 2 aromatic heterocycles. The standard InChI is InChI=1S/C12H13ClN4O/c1-3-17-9(6-7-15-17)4-5-11(18)10-8-14-12(13)16(10)2/h4-8H,3H2,1-2H3. The first kappa shape index (κ1) is 12.6. The van der Waals surface area contributed by atoms with Gasteiger partial charge in [-0.3, -0.25) is 9.48 Å². The van der Waals surface area contributed by atoms with Crippen LogP contribution in [0.3, 0.4) is 0 Å². The Kier molecular flexibility index (Phi) is 3.62. The van der Waals surface area contributed by atoms with E-state index in [1.807, 2.05) is 13.0 Å². The summed E-state index contributed by atoms with van der Waals surface area (Å²) in [6.45, 7) is 2.76. The minimum absolute atomic E-state index is 0.138. The second kappa shape index (κ2) is 5.18. The molecule has 18 heavy (non-hydrogen) atoms. The highest BCUT2D eigenvalue weighted by Crippen LogP contribution is 2.10. The molecule has 2 rings (SSSR count). The Balaban J connectivity index is 2.19. The molecule has 0 aliphatic rings. The molecule has 0 bridgehead atoms. The average molecular weight is 265 g/mol. The molecule has 0 spiro atoms. The van der Waals surface area contributed by atoms with E-state index in [-0.39, 0.29) is 5.78 Å². The molecule has 2 aromatic rings. The second-order valence-corrected chi connectivity index (χ2v) is 4.08. The number of ketones is 1. The molecule has 0 atom stereocenters. The lowest BCUT2D eigenvalue weighted by Gasteiger charge is -1.99. The van der Waals surface area contributed by atoms with Gasteiger partial charge in [-0.05, 0) is 36.7 Å². The van der Waals surface area contributed by atoms with Gasteiger partial charge in [0, 0.05) is 19.8 Å². The van der Waals surface area contributed by atoms with E-state index in [2.05, 4.69) is 10.1 Å². The van der Waals surface area contributed by atoms with Crippen LogP contribution >= 0.6 is 11.6 Å². The smallest absolute Gasteiger partial charge is 0.203 e. The summed E-state index contributed by atoms with van der Waals surface area (Å²) in [4.78, 5) is 15.8. The quantitative estimate of drug-likeness (QED) is 0.628. The van der Waals surface area contributed by atoms with E-state index in [4.69, 9.17) is 11.6 Å². The number of hydrogen-bond donors (Lipinski definition) is 0. The first-order valence-electron chi connectivity index (χ1n) is 5.55. The number of imidazole rings is 1. The summed E-state index contributed by atoms with van der Waals surface area (Å²) in [7, 11) is 1.70. The van der Waals surface area contributed by atoms with Crippen LogP contribution in [0.15, 0.2) is 24.5 Å². The van der Waals surface area contributed by atoms with Crippen molar-refractivity contribution in [3.05, 3.63) is 41.2 Å². The normalized spacial score (nSPS) is 11.3. The minimum atomic E-state index is -0.138. The number of halogens is 1. The molecular formula is C12H13ClN4O. The van der Waals surface area contributed by atoms with E-state index in [1.165, 1.54) is 12.3 Å². The minimum Gasteiger partial charge on any atom is -0.315 e. The summed E-state index contributed by atoms with van der Waals surface area (Å²) >= 11 is 5.78. The lowest BCUT2D eigenvalue weighted by Crippen LogP contribution is -2.03. The van der Waals surface area contributed by atoms with Gasteiger partial charge in [0.1, 0.15) is 5.69 Å². The number of carbonyl (C=O) groups is 1. The lowest BCUT2D eigenvalue weighted by molar-refractivity contribution is 0.104. The third-order valence-corrected chi connectivity index (χ3v) is 2.99. The zero-order valence-corrected chi connectivity index (χ0v) is 10.9. The van der Waals surface area contributed by atoms with Crippen LogP contribution in [-0.4, -0.2) is 25.1 Å². The maximum atomic E-state index is 11.9. The molecule has 0 aromatic carbocycles. The van der Waals surface area contributed by atoms with Gasteiger partial charge < -0.3 is 4.57 Å². The predicted octanol–water partition coefficient (Wildman–Crippen LogP) is 2.19. The van der Waals surface area contributed by atoms with Crippen molar-refractivity contribution < 1.29 is 4.79 Å². The summed E-state index contributed by atoms with van der Waals surface area (Å²) in [5.41, 5.74) is 1.35. The number of aromatic nitrogens is 4. The fraction of sp³-hybridized carbons (Fsp3) is 0.250. The molecule has 0 aliphatic carbocycles. The highest BCUT2D eigenvalue weighted by molar-refractivity contribution is 6.28. The molecule has 2 heterocycles. The van der Waals surface area contributed by atoms with Gasteiger partial charge in [0.05, 0.1) is 11.9 Å². The van der Waals surface area contributed by atoms with Gasteiger partial charge >= 0.3 is 0 Å². The summed E-state index contributed by atoms with van der Waals surface area (Å²) in [5.74, 6) is -0.138. The number of rotatable bonds is 4. The van der Waals surface area contributed by atoms with Crippen molar-refractivity contribution in [3.8, 4) is 0 Å². The molecule has 94 valence electrons. The predicted molar refractivity (Wildman–Crippen MR) is 69.5 cm³/mol. The van der Waals surface area contributed by atoms with Gasteiger partial charge in [0.25, 0.3) is 0 Å². The van der Waals surface area contributed by atoms with Gasteiger partial charge in [0.15, 0.2) is 0 Å². The first-order valence-corrected chi connectivity index (χ1v) is 5.92. The average Bonchev–Trinajstić information content (AvgIpc) is 2.94. The molecule has 0 saturated carbocycles. The van der Waals surface area contributed by atoms with E-state index < -0.39 is 0 Å². The van der Waals surface area contributed by atoms with Crippen LogP contribution in [0, 0.1) is 0 Å². The fourth-order valence-electron chi connectivity index (χ4n) is 1.61. The maximum Gasteiger partial charge on any atom is 0.203 e. The van der Waals surface area contributed by atoms with Gasteiger partial charge in [-0.15, -0.1) is 0 Å². The maximum absolute atomic E-state index is 11.9. The van der Waals surface area contributed by atoms with Crippen LogP contribution in [-0.2, 0) is 13.6 Å². The Morgan fingerprint density at radius 2 is 2.33 bits per heavy atom. The molecule has 0 amide bonds. The van der Waals surface area contributed by atoms with Crippen molar-refractivity contribution >= 4 is 23.5 Å². The van der Waals surface area contributed by atoms with Crippen LogP contribution in [0.2, 0.25) is 5.28 Å². The zero-order valence-electron chi connectivity index (χ0n) is 10.2. The van der Waals surface area contributed by atoms with Crippen LogP contribution in [0.5, 0.6) is 0 Å². The topological polar surface area (TPSA) is 52.7 Å². The Morgan fingerprint density at radius 3 is 2.94 bits per heavy atom. The second-order valence-electron chi connectivity index (χ2n) is 3.74. The van der Waals surface area contributed by atoms with E-state index in [9.17, 15) is 4.79 Å². The summed E-state index contributed by atoms with van der Waals surface area (Å²) in [5, 5.41) is 4.42. The Bertz CT molecular complexity index is 597. The van der Waals surface area contributed by atoms with Gasteiger partial charge in [-0.2, -0.15) is 5.10 Å². The van der Waals surface area contributed by atoms with E-state index >= 15 is 0 Å². The summed E-state index contributed by atoms with van der Waals surface area (Å²) in [6, 6.07) is 1.85. The van der Waals surface area contributed by atoms with Crippen molar-refractivity contribution in [3.63, 3.8) is 0 Å². The third kappa shape index (κ3) is 2.36.